The molecular formula is C35H38ClF4N2+. The van der Waals surface area contributed by atoms with Gasteiger partial charge in [-0.1, -0.05) is 51.4 Å². The second-order valence-corrected chi connectivity index (χ2v) is 12.8. The Bertz CT molecular complexity index is 1610. The molecule has 0 fully saturated rings. The van der Waals surface area contributed by atoms with E-state index in [0.29, 0.717) is 40.6 Å². The molecule has 7 heteroatoms. The molecule has 0 N–H and O–H groups in total. The molecule has 0 radical (unpaired) electrons. The van der Waals surface area contributed by atoms with Crippen LogP contribution in [0.1, 0.15) is 78.4 Å². The van der Waals surface area contributed by atoms with Gasteiger partial charge in [0.1, 0.15) is 24.0 Å². The monoisotopic (exact) mass is 597 g/mol. The van der Waals surface area contributed by atoms with Crippen molar-refractivity contribution in [2.75, 3.05) is 18.0 Å². The van der Waals surface area contributed by atoms with E-state index in [1.54, 1.807) is 0 Å². The summed E-state index contributed by atoms with van der Waals surface area (Å²) in [6.07, 6.45) is 11.1. The molecule has 0 atom stereocenters. The zero-order chi connectivity index (χ0) is 30.6. The van der Waals surface area contributed by atoms with Gasteiger partial charge in [0.25, 0.3) is 0 Å². The van der Waals surface area contributed by atoms with Gasteiger partial charge in [0.2, 0.25) is 5.69 Å². The third-order valence-electron chi connectivity index (χ3n) is 8.81. The molecule has 1 aliphatic carbocycles. The fraction of sp³-hybridized carbons (Fsp3) is 0.400. The normalized spacial score (nSPS) is 21.1. The van der Waals surface area contributed by atoms with Crippen LogP contribution in [-0.2, 0) is 10.8 Å². The third-order valence-corrected chi connectivity index (χ3v) is 9.30. The molecule has 0 unspecified atom stereocenters. The summed E-state index contributed by atoms with van der Waals surface area (Å²) in [4.78, 5) is 1.95. The predicted octanol–water partition coefficient (Wildman–Crippen LogP) is 9.89. The van der Waals surface area contributed by atoms with E-state index in [9.17, 15) is 17.6 Å². The predicted molar refractivity (Wildman–Crippen MR) is 164 cm³/mol. The summed E-state index contributed by atoms with van der Waals surface area (Å²) in [5.41, 5.74) is 4.72. The molecule has 42 heavy (non-hydrogen) atoms. The quantitative estimate of drug-likeness (QED) is 0.227. The van der Waals surface area contributed by atoms with Gasteiger partial charge in [-0.25, -0.2) is 13.2 Å². The molecule has 222 valence electrons. The molecule has 0 aromatic heterocycles. The van der Waals surface area contributed by atoms with E-state index in [4.69, 9.17) is 11.6 Å². The first-order chi connectivity index (χ1) is 19.8. The third kappa shape index (κ3) is 4.96. The van der Waals surface area contributed by atoms with Gasteiger partial charge in [0.15, 0.2) is 11.5 Å². The van der Waals surface area contributed by atoms with Gasteiger partial charge in [0, 0.05) is 52.9 Å². The highest BCUT2D eigenvalue weighted by Crippen LogP contribution is 2.50. The van der Waals surface area contributed by atoms with Crippen LogP contribution < -0.4 is 4.90 Å². The summed E-state index contributed by atoms with van der Waals surface area (Å²) in [5, 5.41) is 0.656. The Morgan fingerprint density at radius 1 is 0.833 bits per heavy atom. The highest BCUT2D eigenvalue weighted by Gasteiger charge is 2.46. The number of allylic oxidation sites excluding steroid dienone is 8. The van der Waals surface area contributed by atoms with E-state index < -0.39 is 34.1 Å². The summed E-state index contributed by atoms with van der Waals surface area (Å²) in [6, 6.07) is 4.76. The standard InChI is InChI=1S/C35H38ClF4N2/c1-7-15-41-29(34(3,4)25-17-23(37)19-27(39)32(25)41)13-11-21-9-10-22(31(21)36)12-14-30-35(5,6)26-18-24(38)20-28(40)33(26)42(30)16-8-2/h11-14,17-20H,7-10,15-16H2,1-6H3/q+1. The first kappa shape index (κ1) is 30.3. The summed E-state index contributed by atoms with van der Waals surface area (Å²) >= 11 is 6.90. The SMILES string of the molecule is CCCN1/C(=C/C=C2\CCC(/C=C/C3=[N+](CCC)c4c(F)cc(F)cc4C3(C)C)=C2Cl)C(C)(C)c2cc(F)cc(F)c21. The van der Waals surface area contributed by atoms with Crippen LogP contribution in [0.2, 0.25) is 0 Å². The second-order valence-electron chi connectivity index (χ2n) is 12.4. The number of fused-ring (bicyclic) bond motifs is 2. The van der Waals surface area contributed by atoms with E-state index in [-0.39, 0.29) is 0 Å². The number of benzene rings is 2. The topological polar surface area (TPSA) is 6.25 Å². The Kier molecular flexibility index (Phi) is 8.08. The van der Waals surface area contributed by atoms with Crippen LogP contribution in [0, 0.1) is 23.3 Å². The number of hydrogen-bond acceptors (Lipinski definition) is 1. The minimum absolute atomic E-state index is 0.440. The first-order valence-electron chi connectivity index (χ1n) is 14.7. The maximum Gasteiger partial charge on any atom is 0.246 e. The lowest BCUT2D eigenvalue weighted by Gasteiger charge is -2.26. The summed E-state index contributed by atoms with van der Waals surface area (Å²) in [5.74, 6) is -2.26. The Labute approximate surface area is 251 Å². The van der Waals surface area contributed by atoms with Crippen molar-refractivity contribution in [3.63, 3.8) is 0 Å². The van der Waals surface area contributed by atoms with Crippen LogP contribution in [0.15, 0.2) is 70.4 Å². The minimum Gasteiger partial charge on any atom is -0.342 e. The Morgan fingerprint density at radius 2 is 1.50 bits per heavy atom. The van der Waals surface area contributed by atoms with Crippen molar-refractivity contribution in [2.24, 2.45) is 0 Å². The summed E-state index contributed by atoms with van der Waals surface area (Å²) in [6.45, 7) is 13.2. The van der Waals surface area contributed by atoms with Gasteiger partial charge in [-0.3, -0.25) is 0 Å². The van der Waals surface area contributed by atoms with Crippen molar-refractivity contribution in [1.29, 1.82) is 0 Å². The van der Waals surface area contributed by atoms with E-state index in [0.717, 1.165) is 60.4 Å². The molecule has 2 aromatic carbocycles. The average molecular weight is 598 g/mol. The average Bonchev–Trinajstić information content (AvgIpc) is 3.43. The van der Waals surface area contributed by atoms with Gasteiger partial charge in [-0.15, -0.1) is 0 Å². The highest BCUT2D eigenvalue weighted by atomic mass is 35.5. The number of hydrogen-bond donors (Lipinski definition) is 0. The van der Waals surface area contributed by atoms with Gasteiger partial charge in [-0.2, -0.15) is 8.97 Å². The van der Waals surface area contributed by atoms with Crippen LogP contribution in [0.5, 0.6) is 0 Å². The highest BCUT2D eigenvalue weighted by molar-refractivity contribution is 6.33. The zero-order valence-electron chi connectivity index (χ0n) is 25.1. The molecular weight excluding hydrogens is 560 g/mol. The van der Waals surface area contributed by atoms with E-state index in [1.165, 1.54) is 12.1 Å². The van der Waals surface area contributed by atoms with Crippen molar-refractivity contribution in [3.8, 4) is 0 Å². The second kappa shape index (κ2) is 11.2. The molecule has 0 spiro atoms. The molecule has 2 nitrogen and oxygen atoms in total. The molecule has 0 bridgehead atoms. The van der Waals surface area contributed by atoms with Gasteiger partial charge < -0.3 is 4.90 Å². The maximum atomic E-state index is 15.0. The van der Waals surface area contributed by atoms with Crippen LogP contribution >= 0.6 is 11.6 Å². The lowest BCUT2D eigenvalue weighted by Crippen LogP contribution is -2.28. The van der Waals surface area contributed by atoms with Crippen molar-refractivity contribution in [3.05, 3.63) is 105 Å². The Morgan fingerprint density at radius 3 is 2.17 bits per heavy atom. The molecule has 2 heterocycles. The lowest BCUT2D eigenvalue weighted by molar-refractivity contribution is -0.439. The van der Waals surface area contributed by atoms with Crippen LogP contribution in [0.3, 0.4) is 0 Å². The lowest BCUT2D eigenvalue weighted by atomic mass is 9.81. The zero-order valence-corrected chi connectivity index (χ0v) is 25.9. The Hall–Kier alpha value is -3.12. The van der Waals surface area contributed by atoms with E-state index in [1.807, 2.05) is 75.3 Å². The van der Waals surface area contributed by atoms with Gasteiger partial charge in [-0.05, 0) is 68.0 Å². The molecule has 5 rings (SSSR count). The van der Waals surface area contributed by atoms with Crippen molar-refractivity contribution in [1.82, 2.24) is 0 Å². The van der Waals surface area contributed by atoms with Crippen LogP contribution in [0.25, 0.3) is 0 Å². The first-order valence-corrected chi connectivity index (χ1v) is 15.1. The smallest absolute Gasteiger partial charge is 0.246 e. The summed E-state index contributed by atoms with van der Waals surface area (Å²) in [7, 11) is 0. The van der Waals surface area contributed by atoms with Crippen molar-refractivity contribution < 1.29 is 22.1 Å². The molecule has 0 saturated heterocycles. The van der Waals surface area contributed by atoms with Crippen molar-refractivity contribution >= 4 is 28.7 Å². The number of anilines is 1. The minimum atomic E-state index is -0.584. The van der Waals surface area contributed by atoms with Gasteiger partial charge in [0.05, 0.1) is 11.1 Å². The van der Waals surface area contributed by atoms with E-state index in [2.05, 4.69) is 0 Å². The van der Waals surface area contributed by atoms with Crippen LogP contribution in [-0.4, -0.2) is 23.4 Å². The molecule has 3 aliphatic rings. The van der Waals surface area contributed by atoms with Crippen LogP contribution in [0.4, 0.5) is 28.9 Å². The largest absolute Gasteiger partial charge is 0.342 e. The van der Waals surface area contributed by atoms with Gasteiger partial charge >= 0.3 is 0 Å². The summed E-state index contributed by atoms with van der Waals surface area (Å²) < 4.78 is 60.3. The van der Waals surface area contributed by atoms with E-state index >= 15 is 0 Å². The number of rotatable bonds is 7. The Balaban J connectivity index is 1.50. The van der Waals surface area contributed by atoms with Crippen molar-refractivity contribution in [2.45, 2.75) is 78.1 Å². The number of nitrogens with zero attached hydrogens (tertiary/aromatic N) is 2. The molecule has 2 aliphatic heterocycles. The fourth-order valence-electron chi connectivity index (χ4n) is 6.70. The molecule has 0 saturated carbocycles. The molecule has 0 amide bonds. The fourth-order valence-corrected chi connectivity index (χ4v) is 7.02. The number of halogens is 5. The maximum absolute atomic E-state index is 15.0. The molecule has 2 aromatic rings.